The first kappa shape index (κ1) is 15.7. The lowest BCUT2D eigenvalue weighted by Gasteiger charge is -2.39. The second kappa shape index (κ2) is 6.91. The van der Waals surface area contributed by atoms with Crippen LogP contribution in [0.3, 0.4) is 0 Å². The molecule has 2 aliphatic rings. The van der Waals surface area contributed by atoms with Gasteiger partial charge in [0.15, 0.2) is 6.29 Å². The van der Waals surface area contributed by atoms with E-state index in [9.17, 15) is 14.7 Å². The average Bonchev–Trinajstić information content (AvgIpc) is 2.54. The highest BCUT2D eigenvalue weighted by Gasteiger charge is 2.31. The summed E-state index contributed by atoms with van der Waals surface area (Å²) in [5, 5.41) is 15.8. The summed E-state index contributed by atoms with van der Waals surface area (Å²) in [5.41, 5.74) is 0.890. The van der Waals surface area contributed by atoms with Crippen molar-refractivity contribution in [2.24, 2.45) is 4.99 Å². The largest absolute Gasteiger partial charge is 0.475 e. The zero-order valence-corrected chi connectivity index (χ0v) is 12.9. The number of piperidine rings is 2. The van der Waals surface area contributed by atoms with E-state index in [4.69, 9.17) is 0 Å². The Morgan fingerprint density at radius 1 is 1.26 bits per heavy atom. The summed E-state index contributed by atoms with van der Waals surface area (Å²) in [6, 6.07) is 7.70. The molecule has 2 aliphatic heterocycles. The van der Waals surface area contributed by atoms with Crippen LogP contribution in [0.1, 0.15) is 42.5 Å². The second-order valence-corrected chi connectivity index (χ2v) is 6.23. The number of fused-ring (bicyclic) bond motifs is 2. The molecule has 1 aromatic rings. The summed E-state index contributed by atoms with van der Waals surface area (Å²) >= 11 is 0. The van der Waals surface area contributed by atoms with Gasteiger partial charge in [0.05, 0.1) is 11.7 Å². The van der Waals surface area contributed by atoms with E-state index in [1.807, 2.05) is 0 Å². The van der Waals surface area contributed by atoms with Crippen molar-refractivity contribution in [2.45, 2.75) is 50.2 Å². The summed E-state index contributed by atoms with van der Waals surface area (Å²) < 4.78 is 0. The Balaban J connectivity index is 1.78. The third-order valence-corrected chi connectivity index (χ3v) is 4.54. The predicted octanol–water partition coefficient (Wildman–Crippen LogP) is 2.07. The van der Waals surface area contributed by atoms with Gasteiger partial charge in [0.25, 0.3) is 0 Å². The molecule has 6 nitrogen and oxygen atoms in total. The van der Waals surface area contributed by atoms with Crippen LogP contribution in [0.5, 0.6) is 0 Å². The van der Waals surface area contributed by atoms with Crippen molar-refractivity contribution in [1.82, 2.24) is 5.32 Å². The molecule has 6 heteroatoms. The molecule has 0 amide bonds. The molecule has 1 aromatic carbocycles. The molecule has 122 valence electrons. The molecule has 0 radical (unpaired) electrons. The third kappa shape index (κ3) is 3.76. The van der Waals surface area contributed by atoms with Gasteiger partial charge in [-0.15, -0.1) is 0 Å². The second-order valence-electron chi connectivity index (χ2n) is 6.23. The Morgan fingerprint density at radius 2 is 1.96 bits per heavy atom. The minimum Gasteiger partial charge on any atom is -0.475 e. The number of aliphatic imine (C=N–C) groups is 1. The van der Waals surface area contributed by atoms with E-state index in [2.05, 4.69) is 15.6 Å². The molecule has 2 fully saturated rings. The molecule has 3 rings (SSSR count). The van der Waals surface area contributed by atoms with Crippen molar-refractivity contribution in [3.63, 3.8) is 0 Å². The monoisotopic (exact) mass is 315 g/mol. The van der Waals surface area contributed by atoms with Crippen LogP contribution in [0.25, 0.3) is 0 Å². The number of anilines is 1. The smallest absolute Gasteiger partial charge is 0.371 e. The maximum absolute atomic E-state index is 11.5. The van der Waals surface area contributed by atoms with Crippen molar-refractivity contribution >= 4 is 23.8 Å². The first-order chi connectivity index (χ1) is 11.2. The lowest BCUT2D eigenvalue weighted by Crippen LogP contribution is -2.50. The van der Waals surface area contributed by atoms with Crippen molar-refractivity contribution in [3.8, 4) is 0 Å². The summed E-state index contributed by atoms with van der Waals surface area (Å²) in [6.45, 7) is 0. The summed E-state index contributed by atoms with van der Waals surface area (Å²) in [7, 11) is 0. The van der Waals surface area contributed by atoms with Crippen LogP contribution in [0.15, 0.2) is 29.3 Å². The zero-order valence-electron chi connectivity index (χ0n) is 12.9. The highest BCUT2D eigenvalue weighted by atomic mass is 16.4. The van der Waals surface area contributed by atoms with Crippen LogP contribution in [0.4, 0.5) is 5.69 Å². The van der Waals surface area contributed by atoms with Crippen molar-refractivity contribution in [2.75, 3.05) is 5.32 Å². The maximum atomic E-state index is 11.5. The van der Waals surface area contributed by atoms with Gasteiger partial charge in [-0.3, -0.25) is 9.79 Å². The molecule has 2 saturated heterocycles. The molecule has 0 spiro atoms. The minimum absolute atomic E-state index is 0.00791. The van der Waals surface area contributed by atoms with Gasteiger partial charge in [-0.1, -0.05) is 18.6 Å². The number of carboxylic acids is 1. The molecule has 23 heavy (non-hydrogen) atoms. The van der Waals surface area contributed by atoms with Crippen LogP contribution >= 0.6 is 0 Å². The Hall–Kier alpha value is -2.21. The fourth-order valence-corrected chi connectivity index (χ4v) is 3.51. The molecule has 2 unspecified atom stereocenters. The number of hydrogen-bond donors (Lipinski definition) is 3. The SMILES string of the molecule is O=Cc1ccccc1NC(=NC1CC2CCCC(C1)N2)C(=O)O. The summed E-state index contributed by atoms with van der Waals surface area (Å²) in [5.74, 6) is -1.20. The zero-order chi connectivity index (χ0) is 16.2. The van der Waals surface area contributed by atoms with Gasteiger partial charge < -0.3 is 15.7 Å². The Bertz CT molecular complexity index is 617. The average molecular weight is 315 g/mol. The van der Waals surface area contributed by atoms with E-state index in [-0.39, 0.29) is 11.9 Å². The number of carboxylic acid groups (broad SMARTS) is 1. The minimum atomic E-state index is -1.10. The molecular weight excluding hydrogens is 294 g/mol. The van der Waals surface area contributed by atoms with Crippen molar-refractivity contribution in [3.05, 3.63) is 29.8 Å². The van der Waals surface area contributed by atoms with E-state index in [0.29, 0.717) is 29.6 Å². The van der Waals surface area contributed by atoms with Crippen LogP contribution < -0.4 is 10.6 Å². The Kier molecular flexibility index (Phi) is 4.71. The van der Waals surface area contributed by atoms with Crippen LogP contribution in [0, 0.1) is 0 Å². The van der Waals surface area contributed by atoms with Gasteiger partial charge in [-0.25, -0.2) is 4.79 Å². The lowest BCUT2D eigenvalue weighted by atomic mass is 9.84. The predicted molar refractivity (Wildman–Crippen MR) is 88.1 cm³/mol. The molecule has 2 heterocycles. The lowest BCUT2D eigenvalue weighted by molar-refractivity contribution is -0.129. The first-order valence-electron chi connectivity index (χ1n) is 8.04. The van der Waals surface area contributed by atoms with E-state index < -0.39 is 5.97 Å². The van der Waals surface area contributed by atoms with Gasteiger partial charge >= 0.3 is 5.97 Å². The number of rotatable bonds is 3. The number of para-hydroxylation sites is 1. The van der Waals surface area contributed by atoms with Crippen LogP contribution in [-0.2, 0) is 4.79 Å². The third-order valence-electron chi connectivity index (χ3n) is 4.54. The first-order valence-corrected chi connectivity index (χ1v) is 8.04. The number of carbonyl (C=O) groups is 2. The summed E-state index contributed by atoms with van der Waals surface area (Å²) in [4.78, 5) is 27.0. The van der Waals surface area contributed by atoms with E-state index in [1.165, 1.54) is 6.42 Å². The normalized spacial score (nSPS) is 27.3. The standard InChI is InChI=1S/C17H21N3O3/c21-10-11-4-1-2-7-15(11)20-16(17(22)23)19-14-8-12-5-3-6-13(9-14)18-12/h1-2,4,7,10,12-14,18H,3,5-6,8-9H2,(H,19,20)(H,22,23). The van der Waals surface area contributed by atoms with E-state index in [0.717, 1.165) is 25.7 Å². The fraction of sp³-hybridized carbons (Fsp3) is 0.471. The molecule has 2 atom stereocenters. The number of nitrogens with one attached hydrogen (secondary N) is 2. The number of aldehydes is 1. The molecule has 2 bridgehead atoms. The Morgan fingerprint density at radius 3 is 2.61 bits per heavy atom. The molecular formula is C17H21N3O3. The van der Waals surface area contributed by atoms with Crippen LogP contribution in [-0.4, -0.2) is 41.3 Å². The Labute approximate surface area is 135 Å². The maximum Gasteiger partial charge on any atom is 0.371 e. The van der Waals surface area contributed by atoms with E-state index in [1.54, 1.807) is 24.3 Å². The quantitative estimate of drug-likeness (QED) is 0.451. The molecule has 0 aromatic heterocycles. The number of amidine groups is 1. The van der Waals surface area contributed by atoms with Gasteiger partial charge in [0.2, 0.25) is 5.84 Å². The molecule has 0 saturated carbocycles. The topological polar surface area (TPSA) is 90.8 Å². The highest BCUT2D eigenvalue weighted by molar-refractivity contribution is 6.39. The van der Waals surface area contributed by atoms with Crippen molar-refractivity contribution in [1.29, 1.82) is 0 Å². The number of nitrogens with zero attached hydrogens (tertiary/aromatic N) is 1. The van der Waals surface area contributed by atoms with Crippen LogP contribution in [0.2, 0.25) is 0 Å². The van der Waals surface area contributed by atoms with Gasteiger partial charge in [-0.05, 0) is 37.8 Å². The molecule has 0 aliphatic carbocycles. The molecule has 3 N–H and O–H groups in total. The summed E-state index contributed by atoms with van der Waals surface area (Å²) in [6.07, 6.45) is 5.93. The highest BCUT2D eigenvalue weighted by Crippen LogP contribution is 2.27. The van der Waals surface area contributed by atoms with Gasteiger partial charge in [-0.2, -0.15) is 0 Å². The number of hydrogen-bond acceptors (Lipinski definition) is 4. The van der Waals surface area contributed by atoms with Gasteiger partial charge in [0.1, 0.15) is 0 Å². The van der Waals surface area contributed by atoms with E-state index >= 15 is 0 Å². The number of benzene rings is 1. The van der Waals surface area contributed by atoms with Gasteiger partial charge in [0, 0.05) is 17.6 Å². The van der Waals surface area contributed by atoms with Crippen molar-refractivity contribution < 1.29 is 14.7 Å². The number of carbonyl (C=O) groups excluding carboxylic acids is 1. The fourth-order valence-electron chi connectivity index (χ4n) is 3.51. The number of aliphatic carboxylic acids is 1.